The van der Waals surface area contributed by atoms with Crippen molar-refractivity contribution in [1.29, 1.82) is 0 Å². The molecule has 2 heterocycles. The summed E-state index contributed by atoms with van der Waals surface area (Å²) < 4.78 is 44.3. The van der Waals surface area contributed by atoms with E-state index in [2.05, 4.69) is 10.2 Å². The Kier molecular flexibility index (Phi) is 6.54. The van der Waals surface area contributed by atoms with Crippen molar-refractivity contribution in [2.75, 3.05) is 49.5 Å². The summed E-state index contributed by atoms with van der Waals surface area (Å²) in [7, 11) is -3.25. The molecule has 2 saturated heterocycles. The molecular weight excluding hydrogens is 421 g/mol. The topological polar surface area (TPSA) is 79.0 Å². The largest absolute Gasteiger partial charge is 0.379 e. The van der Waals surface area contributed by atoms with Gasteiger partial charge in [-0.2, -0.15) is 0 Å². The molecule has 1 N–H and O–H groups in total. The highest BCUT2D eigenvalue weighted by Gasteiger charge is 2.28. The van der Waals surface area contributed by atoms with E-state index in [4.69, 9.17) is 4.74 Å². The number of rotatable bonds is 6. The van der Waals surface area contributed by atoms with Crippen molar-refractivity contribution < 1.29 is 22.3 Å². The molecule has 7 nitrogen and oxygen atoms in total. The normalized spacial score (nSPS) is 19.8. The number of hydrogen-bond donors (Lipinski definition) is 1. The fourth-order valence-electron chi connectivity index (χ4n) is 4.03. The molecule has 0 radical (unpaired) electrons. The zero-order valence-electron chi connectivity index (χ0n) is 17.2. The number of sulfonamides is 1. The lowest BCUT2D eigenvalue weighted by molar-refractivity contribution is 0.0162. The lowest BCUT2D eigenvalue weighted by Gasteiger charge is -2.35. The average Bonchev–Trinajstić information content (AvgIpc) is 3.14. The van der Waals surface area contributed by atoms with Crippen LogP contribution in [-0.2, 0) is 14.8 Å². The molecule has 166 valence electrons. The van der Waals surface area contributed by atoms with Crippen LogP contribution in [0, 0.1) is 5.82 Å². The number of halogens is 1. The van der Waals surface area contributed by atoms with Crippen LogP contribution in [0.25, 0.3) is 0 Å². The molecule has 2 aromatic carbocycles. The van der Waals surface area contributed by atoms with Gasteiger partial charge >= 0.3 is 0 Å². The quantitative estimate of drug-likeness (QED) is 0.734. The number of hydrogen-bond acceptors (Lipinski definition) is 5. The van der Waals surface area contributed by atoms with E-state index in [1.165, 1.54) is 16.4 Å². The van der Waals surface area contributed by atoms with Gasteiger partial charge in [0.05, 0.1) is 30.7 Å². The smallest absolute Gasteiger partial charge is 0.251 e. The number of benzene rings is 2. The van der Waals surface area contributed by atoms with Gasteiger partial charge in [0, 0.05) is 31.7 Å². The Morgan fingerprint density at radius 1 is 1.03 bits per heavy atom. The average molecular weight is 448 g/mol. The van der Waals surface area contributed by atoms with Crippen LogP contribution >= 0.6 is 0 Å². The zero-order chi connectivity index (χ0) is 21.8. The van der Waals surface area contributed by atoms with Crippen LogP contribution in [0.2, 0.25) is 0 Å². The van der Waals surface area contributed by atoms with Gasteiger partial charge in [-0.25, -0.2) is 12.8 Å². The lowest BCUT2D eigenvalue weighted by Crippen LogP contribution is -2.43. The molecule has 9 heteroatoms. The van der Waals surface area contributed by atoms with Crippen LogP contribution in [0.1, 0.15) is 28.4 Å². The summed E-state index contributed by atoms with van der Waals surface area (Å²) in [5.41, 5.74) is 1.96. The predicted octanol–water partition coefficient (Wildman–Crippen LogP) is 2.17. The van der Waals surface area contributed by atoms with Crippen LogP contribution in [0.15, 0.2) is 48.5 Å². The lowest BCUT2D eigenvalue weighted by atomic mass is 10.0. The van der Waals surface area contributed by atoms with Crippen molar-refractivity contribution in [3.05, 3.63) is 65.5 Å². The van der Waals surface area contributed by atoms with Gasteiger partial charge < -0.3 is 10.1 Å². The molecule has 1 amide bonds. The van der Waals surface area contributed by atoms with Crippen molar-refractivity contribution in [2.45, 2.75) is 12.5 Å². The van der Waals surface area contributed by atoms with Crippen molar-refractivity contribution >= 4 is 21.6 Å². The van der Waals surface area contributed by atoms with Gasteiger partial charge in [-0.05, 0) is 48.4 Å². The summed E-state index contributed by atoms with van der Waals surface area (Å²) in [5, 5.41) is 2.97. The van der Waals surface area contributed by atoms with Gasteiger partial charge in [0.1, 0.15) is 5.82 Å². The second kappa shape index (κ2) is 9.33. The number of anilines is 1. The zero-order valence-corrected chi connectivity index (χ0v) is 18.0. The van der Waals surface area contributed by atoms with E-state index in [1.807, 2.05) is 0 Å². The van der Waals surface area contributed by atoms with Crippen LogP contribution < -0.4 is 9.62 Å². The SMILES string of the molecule is O=C(NCC(c1ccc(F)cc1)N1CCOCC1)c1ccc(N2CCCS2(=O)=O)cc1. The van der Waals surface area contributed by atoms with Gasteiger partial charge in [0.15, 0.2) is 0 Å². The van der Waals surface area contributed by atoms with E-state index >= 15 is 0 Å². The first-order chi connectivity index (χ1) is 14.9. The van der Waals surface area contributed by atoms with Gasteiger partial charge in [0.2, 0.25) is 10.0 Å². The van der Waals surface area contributed by atoms with E-state index in [9.17, 15) is 17.6 Å². The Morgan fingerprint density at radius 2 is 1.71 bits per heavy atom. The molecule has 2 fully saturated rings. The number of carbonyl (C=O) groups excluding carboxylic acids is 1. The first-order valence-electron chi connectivity index (χ1n) is 10.4. The summed E-state index contributed by atoms with van der Waals surface area (Å²) in [6.07, 6.45) is 0.608. The van der Waals surface area contributed by atoms with E-state index in [0.29, 0.717) is 44.0 Å². The van der Waals surface area contributed by atoms with E-state index < -0.39 is 10.0 Å². The number of amides is 1. The highest BCUT2D eigenvalue weighted by atomic mass is 32.2. The molecule has 0 saturated carbocycles. The molecule has 2 aliphatic rings. The fourth-order valence-corrected chi connectivity index (χ4v) is 5.60. The summed E-state index contributed by atoms with van der Waals surface area (Å²) in [4.78, 5) is 15.0. The molecule has 31 heavy (non-hydrogen) atoms. The first kappa shape index (κ1) is 21.7. The second-order valence-electron chi connectivity index (χ2n) is 7.71. The van der Waals surface area contributed by atoms with Crippen molar-refractivity contribution in [3.63, 3.8) is 0 Å². The molecular formula is C22H26FN3O4S. The van der Waals surface area contributed by atoms with Crippen LogP contribution in [0.4, 0.5) is 10.1 Å². The third-order valence-corrected chi connectivity index (χ3v) is 7.58. The van der Waals surface area contributed by atoms with Crippen LogP contribution in [0.5, 0.6) is 0 Å². The van der Waals surface area contributed by atoms with Crippen LogP contribution in [0.3, 0.4) is 0 Å². The van der Waals surface area contributed by atoms with Gasteiger partial charge in [-0.1, -0.05) is 12.1 Å². The molecule has 1 atom stereocenters. The summed E-state index contributed by atoms with van der Waals surface area (Å²) in [6.45, 7) is 3.53. The molecule has 0 aromatic heterocycles. The third-order valence-electron chi connectivity index (χ3n) is 5.71. The minimum absolute atomic E-state index is 0.0949. The number of nitrogens with one attached hydrogen (secondary N) is 1. The van der Waals surface area contributed by atoms with Gasteiger partial charge in [-0.15, -0.1) is 0 Å². The van der Waals surface area contributed by atoms with Gasteiger partial charge in [0.25, 0.3) is 5.91 Å². The molecule has 4 rings (SSSR count). The summed E-state index contributed by atoms with van der Waals surface area (Å²) >= 11 is 0. The number of ether oxygens (including phenoxy) is 1. The molecule has 0 aliphatic carbocycles. The molecule has 0 spiro atoms. The Hall–Kier alpha value is -2.49. The Morgan fingerprint density at radius 3 is 2.32 bits per heavy atom. The van der Waals surface area contributed by atoms with E-state index in [-0.39, 0.29) is 23.5 Å². The van der Waals surface area contributed by atoms with Crippen molar-refractivity contribution in [2.24, 2.45) is 0 Å². The molecule has 2 aliphatic heterocycles. The Balaban J connectivity index is 1.44. The third kappa shape index (κ3) is 5.06. The Bertz CT molecular complexity index is 1010. The Labute approximate surface area is 181 Å². The molecule has 1 unspecified atom stereocenters. The number of carbonyl (C=O) groups is 1. The highest BCUT2D eigenvalue weighted by molar-refractivity contribution is 7.93. The predicted molar refractivity (Wildman–Crippen MR) is 116 cm³/mol. The van der Waals surface area contributed by atoms with Crippen molar-refractivity contribution in [3.8, 4) is 0 Å². The fraction of sp³-hybridized carbons (Fsp3) is 0.409. The number of nitrogens with zero attached hydrogens (tertiary/aromatic N) is 2. The van der Waals surface area contributed by atoms with Gasteiger partial charge in [-0.3, -0.25) is 14.0 Å². The molecule has 2 aromatic rings. The highest BCUT2D eigenvalue weighted by Crippen LogP contribution is 2.25. The summed E-state index contributed by atoms with van der Waals surface area (Å²) in [5.74, 6) is -0.383. The van der Waals surface area contributed by atoms with Crippen LogP contribution in [-0.4, -0.2) is 64.4 Å². The monoisotopic (exact) mass is 447 g/mol. The van der Waals surface area contributed by atoms with Crippen molar-refractivity contribution in [1.82, 2.24) is 10.2 Å². The molecule has 0 bridgehead atoms. The maximum absolute atomic E-state index is 13.4. The van der Waals surface area contributed by atoms with E-state index in [1.54, 1.807) is 36.4 Å². The minimum atomic E-state index is -3.25. The minimum Gasteiger partial charge on any atom is -0.379 e. The second-order valence-corrected chi connectivity index (χ2v) is 9.73. The standard InChI is InChI=1S/C22H26FN3O4S/c23-19-6-2-17(3-7-19)21(25-11-13-30-14-12-25)16-24-22(27)18-4-8-20(9-5-18)26-10-1-15-31(26,28)29/h2-9,21H,1,10-16H2,(H,24,27). The summed E-state index contributed by atoms with van der Waals surface area (Å²) in [6, 6.07) is 12.8. The number of morpholine rings is 1. The van der Waals surface area contributed by atoms with E-state index in [0.717, 1.165) is 18.7 Å². The maximum atomic E-state index is 13.4. The first-order valence-corrected chi connectivity index (χ1v) is 12.0. The maximum Gasteiger partial charge on any atom is 0.251 e.